The summed E-state index contributed by atoms with van der Waals surface area (Å²) in [7, 11) is -3.20. The molecule has 0 unspecified atom stereocenters. The summed E-state index contributed by atoms with van der Waals surface area (Å²) in [5, 5.41) is 0. The quantitative estimate of drug-likeness (QED) is 0.722. The molecule has 0 aromatic carbocycles. The van der Waals surface area contributed by atoms with Gasteiger partial charge in [-0.25, -0.2) is 8.42 Å². The fraction of sp³-hybridized carbons (Fsp3) is 0.222. The molecule has 1 aromatic rings. The van der Waals surface area contributed by atoms with Gasteiger partial charge in [0, 0.05) is 18.6 Å². The Morgan fingerprint density at radius 3 is 2.54 bits per heavy atom. The van der Waals surface area contributed by atoms with Gasteiger partial charge < -0.3 is 0 Å². The molecule has 0 saturated heterocycles. The molecule has 0 aliphatic carbocycles. The Morgan fingerprint density at radius 1 is 1.54 bits per heavy atom. The molecule has 4 heteroatoms. The van der Waals surface area contributed by atoms with Crippen molar-refractivity contribution in [3.63, 3.8) is 0 Å². The lowest BCUT2D eigenvalue weighted by molar-refractivity contribution is 0.601. The maximum absolute atomic E-state index is 11.3. The SMILES string of the molecule is C=C(C)c1ccncc1S(C)(=O)=O. The van der Waals surface area contributed by atoms with Gasteiger partial charge in [-0.3, -0.25) is 4.98 Å². The van der Waals surface area contributed by atoms with Gasteiger partial charge in [-0.05, 0) is 24.1 Å². The van der Waals surface area contributed by atoms with Crippen LogP contribution in [0.3, 0.4) is 0 Å². The molecule has 0 bridgehead atoms. The van der Waals surface area contributed by atoms with Crippen LogP contribution in [0.1, 0.15) is 12.5 Å². The van der Waals surface area contributed by atoms with Crippen LogP contribution in [-0.4, -0.2) is 19.7 Å². The number of sulfone groups is 1. The fourth-order valence-corrected chi connectivity index (χ4v) is 1.92. The molecule has 1 aromatic heterocycles. The molecule has 3 nitrogen and oxygen atoms in total. The summed E-state index contributed by atoms with van der Waals surface area (Å²) in [6.45, 7) is 5.48. The van der Waals surface area contributed by atoms with Gasteiger partial charge in [0.2, 0.25) is 0 Å². The number of pyridine rings is 1. The molecule has 0 aliphatic rings. The minimum absolute atomic E-state index is 0.238. The second kappa shape index (κ2) is 3.30. The zero-order valence-electron chi connectivity index (χ0n) is 7.61. The summed E-state index contributed by atoms with van der Waals surface area (Å²) in [5.74, 6) is 0. The van der Waals surface area contributed by atoms with Crippen LogP contribution in [0.15, 0.2) is 29.9 Å². The molecule has 0 fully saturated rings. The lowest BCUT2D eigenvalue weighted by atomic mass is 10.1. The van der Waals surface area contributed by atoms with E-state index in [9.17, 15) is 8.42 Å². The zero-order valence-corrected chi connectivity index (χ0v) is 8.43. The van der Waals surface area contributed by atoms with Gasteiger partial charge in [0.05, 0.1) is 4.90 Å². The van der Waals surface area contributed by atoms with E-state index < -0.39 is 9.84 Å². The van der Waals surface area contributed by atoms with Crippen molar-refractivity contribution in [3.05, 3.63) is 30.6 Å². The van der Waals surface area contributed by atoms with Crippen LogP contribution in [0.4, 0.5) is 0 Å². The van der Waals surface area contributed by atoms with E-state index in [1.807, 2.05) is 0 Å². The Balaban J connectivity index is 3.46. The molecule has 13 heavy (non-hydrogen) atoms. The van der Waals surface area contributed by atoms with Gasteiger partial charge in [-0.1, -0.05) is 6.58 Å². The van der Waals surface area contributed by atoms with Gasteiger partial charge >= 0.3 is 0 Å². The number of rotatable bonds is 2. The Hall–Kier alpha value is -1.16. The van der Waals surface area contributed by atoms with Crippen molar-refractivity contribution in [2.24, 2.45) is 0 Å². The smallest absolute Gasteiger partial charge is 0.177 e. The lowest BCUT2D eigenvalue weighted by Crippen LogP contribution is -2.01. The molecule has 0 spiro atoms. The summed E-state index contributed by atoms with van der Waals surface area (Å²) in [6.07, 6.45) is 4.06. The summed E-state index contributed by atoms with van der Waals surface area (Å²) in [5.41, 5.74) is 1.36. The van der Waals surface area contributed by atoms with E-state index in [0.29, 0.717) is 5.56 Å². The van der Waals surface area contributed by atoms with E-state index in [2.05, 4.69) is 11.6 Å². The number of hydrogen-bond donors (Lipinski definition) is 0. The number of aromatic nitrogens is 1. The van der Waals surface area contributed by atoms with Crippen molar-refractivity contribution in [2.75, 3.05) is 6.26 Å². The Bertz CT molecular complexity index is 435. The molecule has 0 amide bonds. The molecule has 1 rings (SSSR count). The fourth-order valence-electron chi connectivity index (χ4n) is 1.03. The molecular formula is C9H11NO2S. The number of hydrogen-bond acceptors (Lipinski definition) is 3. The second-order valence-corrected chi connectivity index (χ2v) is 4.91. The first-order valence-electron chi connectivity index (χ1n) is 3.73. The summed E-state index contributed by atoms with van der Waals surface area (Å²) in [6, 6.07) is 1.65. The van der Waals surface area contributed by atoms with E-state index in [4.69, 9.17) is 0 Å². The average molecular weight is 197 g/mol. The third-order valence-electron chi connectivity index (χ3n) is 1.64. The normalized spacial score (nSPS) is 11.2. The molecule has 0 radical (unpaired) electrons. The molecule has 0 aliphatic heterocycles. The van der Waals surface area contributed by atoms with Crippen LogP contribution in [0.25, 0.3) is 5.57 Å². The van der Waals surface area contributed by atoms with Crippen LogP contribution in [-0.2, 0) is 9.84 Å². The molecule has 0 atom stereocenters. The number of nitrogens with zero attached hydrogens (tertiary/aromatic N) is 1. The van der Waals surface area contributed by atoms with Gasteiger partial charge in [0.15, 0.2) is 9.84 Å². The topological polar surface area (TPSA) is 47.0 Å². The van der Waals surface area contributed by atoms with Crippen molar-refractivity contribution in [1.29, 1.82) is 0 Å². The summed E-state index contributed by atoms with van der Waals surface area (Å²) in [4.78, 5) is 4.01. The first-order valence-corrected chi connectivity index (χ1v) is 5.62. The third kappa shape index (κ3) is 2.15. The lowest BCUT2D eigenvalue weighted by Gasteiger charge is -2.05. The Labute approximate surface area is 78.0 Å². The van der Waals surface area contributed by atoms with Crippen LogP contribution < -0.4 is 0 Å². The highest BCUT2D eigenvalue weighted by molar-refractivity contribution is 7.90. The zero-order chi connectivity index (χ0) is 10.1. The largest absolute Gasteiger partial charge is 0.263 e. The van der Waals surface area contributed by atoms with Crippen LogP contribution in [0.5, 0.6) is 0 Å². The Morgan fingerprint density at radius 2 is 2.15 bits per heavy atom. The summed E-state index contributed by atoms with van der Waals surface area (Å²) >= 11 is 0. The van der Waals surface area contributed by atoms with Crippen LogP contribution in [0, 0.1) is 0 Å². The molecule has 0 saturated carbocycles. The second-order valence-electron chi connectivity index (χ2n) is 2.92. The highest BCUT2D eigenvalue weighted by atomic mass is 32.2. The van der Waals surface area contributed by atoms with E-state index in [-0.39, 0.29) is 4.90 Å². The maximum Gasteiger partial charge on any atom is 0.177 e. The van der Waals surface area contributed by atoms with Crippen molar-refractivity contribution >= 4 is 15.4 Å². The Kier molecular flexibility index (Phi) is 2.52. The van der Waals surface area contributed by atoms with E-state index >= 15 is 0 Å². The van der Waals surface area contributed by atoms with Crippen molar-refractivity contribution in [3.8, 4) is 0 Å². The third-order valence-corrected chi connectivity index (χ3v) is 2.77. The summed E-state index contributed by atoms with van der Waals surface area (Å²) < 4.78 is 22.6. The van der Waals surface area contributed by atoms with Crippen LogP contribution >= 0.6 is 0 Å². The first kappa shape index (κ1) is 9.92. The minimum atomic E-state index is -3.20. The maximum atomic E-state index is 11.3. The monoisotopic (exact) mass is 197 g/mol. The standard InChI is InChI=1S/C9H11NO2S/c1-7(2)8-4-5-10-6-9(8)13(3,11)12/h4-6H,1H2,2-3H3. The highest BCUT2D eigenvalue weighted by Crippen LogP contribution is 2.20. The minimum Gasteiger partial charge on any atom is -0.263 e. The predicted molar refractivity (Wildman–Crippen MR) is 52.1 cm³/mol. The van der Waals surface area contributed by atoms with Gasteiger partial charge in [-0.15, -0.1) is 0 Å². The van der Waals surface area contributed by atoms with Crippen LogP contribution in [0.2, 0.25) is 0 Å². The van der Waals surface area contributed by atoms with E-state index in [1.54, 1.807) is 19.2 Å². The van der Waals surface area contributed by atoms with Crippen molar-refractivity contribution in [2.45, 2.75) is 11.8 Å². The number of allylic oxidation sites excluding steroid dienone is 1. The molecular weight excluding hydrogens is 186 g/mol. The van der Waals surface area contributed by atoms with E-state index in [1.165, 1.54) is 6.20 Å². The molecule has 1 heterocycles. The van der Waals surface area contributed by atoms with Crippen molar-refractivity contribution < 1.29 is 8.42 Å². The van der Waals surface area contributed by atoms with Gasteiger partial charge in [0.25, 0.3) is 0 Å². The molecule has 0 N–H and O–H groups in total. The van der Waals surface area contributed by atoms with Gasteiger partial charge in [0.1, 0.15) is 0 Å². The highest BCUT2D eigenvalue weighted by Gasteiger charge is 2.12. The predicted octanol–water partition coefficient (Wildman–Crippen LogP) is 1.52. The first-order chi connectivity index (χ1) is 5.93. The van der Waals surface area contributed by atoms with Gasteiger partial charge in [-0.2, -0.15) is 0 Å². The van der Waals surface area contributed by atoms with E-state index in [0.717, 1.165) is 11.8 Å². The average Bonchev–Trinajstić information content (AvgIpc) is 2.03. The van der Waals surface area contributed by atoms with Crippen molar-refractivity contribution in [1.82, 2.24) is 4.98 Å². The molecule has 70 valence electrons.